The molecule has 0 fully saturated rings. The number of benzene rings is 1. The molecule has 0 aromatic heterocycles. The molecule has 0 saturated heterocycles. The lowest BCUT2D eigenvalue weighted by Crippen LogP contribution is -2.45. The zero-order valence-corrected chi connectivity index (χ0v) is 20.3. The van der Waals surface area contributed by atoms with Crippen LogP contribution in [-0.4, -0.2) is 11.4 Å². The van der Waals surface area contributed by atoms with Crippen LogP contribution in [0.1, 0.15) is 129 Å². The lowest BCUT2D eigenvalue weighted by Gasteiger charge is -2.26. The predicted molar refractivity (Wildman–Crippen MR) is 132 cm³/mol. The highest BCUT2D eigenvalue weighted by Gasteiger charge is 2.20. The Balaban J connectivity index is 1.90. The van der Waals surface area contributed by atoms with Crippen LogP contribution in [0.3, 0.4) is 0 Å². The van der Waals surface area contributed by atoms with Crippen LogP contribution in [0.15, 0.2) is 30.3 Å². The Hall–Kier alpha value is -1.31. The van der Waals surface area contributed by atoms with Crippen molar-refractivity contribution in [1.82, 2.24) is 5.32 Å². The second-order valence-corrected chi connectivity index (χ2v) is 9.79. The summed E-state index contributed by atoms with van der Waals surface area (Å²) >= 11 is 0. The molecule has 172 valence electrons. The number of unbranched alkanes of at least 4 members (excludes halogenated alkanes) is 14. The van der Waals surface area contributed by atoms with Crippen molar-refractivity contribution in [3.05, 3.63) is 35.9 Å². The molecule has 1 N–H and O–H groups in total. The molecule has 1 amide bonds. The largest absolute Gasteiger partial charge is 0.351 e. The van der Waals surface area contributed by atoms with Crippen LogP contribution in [-0.2, 0) is 11.2 Å². The Morgan fingerprint density at radius 2 is 1.13 bits per heavy atom. The third-order valence-electron chi connectivity index (χ3n) is 5.97. The summed E-state index contributed by atoms with van der Waals surface area (Å²) in [6, 6.07) is 10.4. The number of rotatable bonds is 19. The van der Waals surface area contributed by atoms with E-state index in [-0.39, 0.29) is 11.4 Å². The maximum absolute atomic E-state index is 12.3. The van der Waals surface area contributed by atoms with E-state index in [1.807, 2.05) is 6.07 Å². The zero-order valence-electron chi connectivity index (χ0n) is 20.3. The van der Waals surface area contributed by atoms with Gasteiger partial charge in [0.15, 0.2) is 0 Å². The zero-order chi connectivity index (χ0) is 21.9. The van der Waals surface area contributed by atoms with Gasteiger partial charge in [-0.05, 0) is 32.3 Å². The van der Waals surface area contributed by atoms with Crippen molar-refractivity contribution in [2.45, 2.75) is 135 Å². The van der Waals surface area contributed by atoms with Gasteiger partial charge in [0.25, 0.3) is 0 Å². The van der Waals surface area contributed by atoms with Crippen molar-refractivity contribution in [2.75, 3.05) is 0 Å². The molecule has 0 aliphatic carbocycles. The number of nitrogens with one attached hydrogen (secondary N) is 1. The van der Waals surface area contributed by atoms with Gasteiger partial charge in [0, 0.05) is 12.0 Å². The molecule has 0 heterocycles. The molecule has 1 rings (SSSR count). The first kappa shape index (κ1) is 26.7. The minimum absolute atomic E-state index is 0.187. The van der Waals surface area contributed by atoms with E-state index in [0.717, 1.165) is 12.8 Å². The van der Waals surface area contributed by atoms with Crippen molar-refractivity contribution in [3.63, 3.8) is 0 Å². The molecule has 2 nitrogen and oxygen atoms in total. The van der Waals surface area contributed by atoms with Crippen LogP contribution in [0.5, 0.6) is 0 Å². The van der Waals surface area contributed by atoms with Crippen molar-refractivity contribution in [1.29, 1.82) is 0 Å². The first-order valence-electron chi connectivity index (χ1n) is 12.9. The molecule has 0 spiro atoms. The van der Waals surface area contributed by atoms with E-state index in [0.29, 0.717) is 6.42 Å². The molecule has 0 unspecified atom stereocenters. The lowest BCUT2D eigenvalue weighted by atomic mass is 9.94. The Morgan fingerprint density at radius 1 is 0.700 bits per heavy atom. The molecule has 0 saturated carbocycles. The molecule has 1 aromatic carbocycles. The first-order chi connectivity index (χ1) is 14.5. The SMILES string of the molecule is CCCCCCCCCCCCCCCCCC(=O)NC(C)(C)Cc1ccccc1. The number of amides is 1. The fraction of sp³-hybridized carbons (Fsp3) is 0.750. The van der Waals surface area contributed by atoms with Gasteiger partial charge in [-0.25, -0.2) is 0 Å². The van der Waals surface area contributed by atoms with E-state index >= 15 is 0 Å². The predicted octanol–water partition coefficient (Wildman–Crippen LogP) is 8.39. The van der Waals surface area contributed by atoms with Gasteiger partial charge in [-0.1, -0.05) is 127 Å². The topological polar surface area (TPSA) is 29.1 Å². The van der Waals surface area contributed by atoms with Gasteiger partial charge in [0.2, 0.25) is 5.91 Å². The van der Waals surface area contributed by atoms with E-state index < -0.39 is 0 Å². The van der Waals surface area contributed by atoms with E-state index in [9.17, 15) is 4.79 Å². The van der Waals surface area contributed by atoms with Crippen LogP contribution in [0, 0.1) is 0 Å². The Labute approximate surface area is 187 Å². The molecular formula is C28H49NO. The highest BCUT2D eigenvalue weighted by molar-refractivity contribution is 5.76. The average molecular weight is 416 g/mol. The number of hydrogen-bond acceptors (Lipinski definition) is 1. The van der Waals surface area contributed by atoms with E-state index in [1.165, 1.54) is 95.5 Å². The minimum Gasteiger partial charge on any atom is -0.351 e. The maximum atomic E-state index is 12.3. The summed E-state index contributed by atoms with van der Waals surface area (Å²) in [5.74, 6) is 0.200. The third-order valence-corrected chi connectivity index (χ3v) is 5.97. The Morgan fingerprint density at radius 3 is 1.60 bits per heavy atom. The van der Waals surface area contributed by atoms with Crippen LogP contribution < -0.4 is 5.32 Å². The second kappa shape index (κ2) is 17.4. The first-order valence-corrected chi connectivity index (χ1v) is 12.9. The number of hydrogen-bond donors (Lipinski definition) is 1. The minimum atomic E-state index is -0.187. The Kier molecular flexibility index (Phi) is 15.5. The highest BCUT2D eigenvalue weighted by atomic mass is 16.1. The lowest BCUT2D eigenvalue weighted by molar-refractivity contribution is -0.122. The average Bonchev–Trinajstić information content (AvgIpc) is 2.71. The molecule has 0 atom stereocenters. The quantitative estimate of drug-likeness (QED) is 0.226. The molecule has 0 aliphatic rings. The summed E-state index contributed by atoms with van der Waals surface area (Å²) in [6.45, 7) is 6.51. The van der Waals surface area contributed by atoms with Gasteiger partial charge in [0.05, 0.1) is 0 Å². The van der Waals surface area contributed by atoms with Gasteiger partial charge >= 0.3 is 0 Å². The van der Waals surface area contributed by atoms with Crippen molar-refractivity contribution in [2.24, 2.45) is 0 Å². The van der Waals surface area contributed by atoms with E-state index in [2.05, 4.69) is 50.4 Å². The van der Waals surface area contributed by atoms with Crippen LogP contribution >= 0.6 is 0 Å². The summed E-state index contributed by atoms with van der Waals surface area (Å²) in [6.07, 6.45) is 21.9. The third kappa shape index (κ3) is 15.5. The Bertz CT molecular complexity index is 523. The summed E-state index contributed by atoms with van der Waals surface area (Å²) in [4.78, 5) is 12.3. The van der Waals surface area contributed by atoms with Crippen LogP contribution in [0.25, 0.3) is 0 Å². The van der Waals surface area contributed by atoms with E-state index in [1.54, 1.807) is 0 Å². The van der Waals surface area contributed by atoms with Gasteiger partial charge in [-0.2, -0.15) is 0 Å². The highest BCUT2D eigenvalue weighted by Crippen LogP contribution is 2.15. The van der Waals surface area contributed by atoms with Crippen molar-refractivity contribution < 1.29 is 4.79 Å². The maximum Gasteiger partial charge on any atom is 0.220 e. The smallest absolute Gasteiger partial charge is 0.220 e. The van der Waals surface area contributed by atoms with Crippen LogP contribution in [0.4, 0.5) is 0 Å². The summed E-state index contributed by atoms with van der Waals surface area (Å²) in [7, 11) is 0. The van der Waals surface area contributed by atoms with Crippen molar-refractivity contribution in [3.8, 4) is 0 Å². The molecule has 0 radical (unpaired) electrons. The molecular weight excluding hydrogens is 366 g/mol. The monoisotopic (exact) mass is 415 g/mol. The fourth-order valence-electron chi connectivity index (χ4n) is 4.25. The van der Waals surface area contributed by atoms with Gasteiger partial charge < -0.3 is 5.32 Å². The molecule has 0 aliphatic heterocycles. The van der Waals surface area contributed by atoms with E-state index in [4.69, 9.17) is 0 Å². The molecule has 30 heavy (non-hydrogen) atoms. The van der Waals surface area contributed by atoms with Gasteiger partial charge in [0.1, 0.15) is 0 Å². The molecule has 2 heteroatoms. The standard InChI is InChI=1S/C28H49NO/c1-4-5-6-7-8-9-10-11-12-13-14-15-16-17-21-24-27(30)29-28(2,3)25-26-22-19-18-20-23-26/h18-20,22-23H,4-17,21,24-25H2,1-3H3,(H,29,30). The normalized spacial score (nSPS) is 11.6. The number of carbonyl (C=O) groups is 1. The van der Waals surface area contributed by atoms with Crippen molar-refractivity contribution >= 4 is 5.91 Å². The van der Waals surface area contributed by atoms with Gasteiger partial charge in [-0.3, -0.25) is 4.79 Å². The fourth-order valence-corrected chi connectivity index (χ4v) is 4.25. The summed E-state index contributed by atoms with van der Waals surface area (Å²) in [5, 5.41) is 3.22. The second-order valence-electron chi connectivity index (χ2n) is 9.79. The summed E-state index contributed by atoms with van der Waals surface area (Å²) < 4.78 is 0. The summed E-state index contributed by atoms with van der Waals surface area (Å²) in [5.41, 5.74) is 1.09. The molecule has 1 aromatic rings. The van der Waals surface area contributed by atoms with Crippen LogP contribution in [0.2, 0.25) is 0 Å². The number of carbonyl (C=O) groups excluding carboxylic acids is 1. The molecule has 0 bridgehead atoms. The van der Waals surface area contributed by atoms with Gasteiger partial charge in [-0.15, -0.1) is 0 Å².